The molecule has 4 aromatic carbocycles. The van der Waals surface area contributed by atoms with E-state index >= 15 is 0 Å². The molecule has 0 aliphatic heterocycles. The van der Waals surface area contributed by atoms with Gasteiger partial charge in [-0.3, -0.25) is 9.59 Å². The van der Waals surface area contributed by atoms with E-state index in [1.807, 2.05) is 110 Å². The molecule has 0 unspecified atom stereocenters. The quantitative estimate of drug-likeness (QED) is 0.270. The number of nitrogens with one attached hydrogen (secondary N) is 2. The molecule has 0 aliphatic rings. The van der Waals surface area contributed by atoms with Crippen LogP contribution in [0, 0.1) is 0 Å². The van der Waals surface area contributed by atoms with Gasteiger partial charge in [-0.05, 0) is 72.2 Å². The molecule has 0 spiro atoms. The van der Waals surface area contributed by atoms with E-state index in [0.717, 1.165) is 32.3 Å². The van der Waals surface area contributed by atoms with Gasteiger partial charge in [0.15, 0.2) is 0 Å². The molecule has 0 aliphatic carbocycles. The molecule has 0 radical (unpaired) electrons. The SMILES string of the molecule is CSc1ccccc1C(=O)Nc1ccc(-c2ccc(NC(=O)c3ccccc3SC)cc2)cc1. The van der Waals surface area contributed by atoms with E-state index in [9.17, 15) is 9.59 Å². The molecule has 2 N–H and O–H groups in total. The smallest absolute Gasteiger partial charge is 0.256 e. The fourth-order valence-electron chi connectivity index (χ4n) is 3.55. The highest BCUT2D eigenvalue weighted by Crippen LogP contribution is 2.26. The van der Waals surface area contributed by atoms with Crippen molar-refractivity contribution < 1.29 is 9.59 Å². The summed E-state index contributed by atoms with van der Waals surface area (Å²) < 4.78 is 0. The maximum Gasteiger partial charge on any atom is 0.256 e. The molecule has 0 saturated carbocycles. The summed E-state index contributed by atoms with van der Waals surface area (Å²) in [7, 11) is 0. The van der Waals surface area contributed by atoms with E-state index in [1.54, 1.807) is 23.5 Å². The number of rotatable bonds is 7. The second kappa shape index (κ2) is 11.1. The standard InChI is InChI=1S/C28H24N2O2S2/c1-33-25-9-5-3-7-23(25)27(31)29-21-15-11-19(12-16-21)20-13-17-22(18-14-20)30-28(32)24-8-4-6-10-26(24)34-2/h3-18H,1-2H3,(H,29,31)(H,30,32). The van der Waals surface area contributed by atoms with Crippen LogP contribution in [0.1, 0.15) is 20.7 Å². The van der Waals surface area contributed by atoms with Crippen molar-refractivity contribution in [2.24, 2.45) is 0 Å². The first kappa shape index (κ1) is 23.7. The van der Waals surface area contributed by atoms with E-state index in [0.29, 0.717) is 11.1 Å². The van der Waals surface area contributed by atoms with Crippen LogP contribution in [0.4, 0.5) is 11.4 Å². The summed E-state index contributed by atoms with van der Waals surface area (Å²) >= 11 is 3.10. The van der Waals surface area contributed by atoms with Crippen molar-refractivity contribution in [2.45, 2.75) is 9.79 Å². The Hall–Kier alpha value is -3.48. The van der Waals surface area contributed by atoms with Gasteiger partial charge in [-0.15, -0.1) is 23.5 Å². The van der Waals surface area contributed by atoms with Gasteiger partial charge in [-0.1, -0.05) is 48.5 Å². The minimum Gasteiger partial charge on any atom is -0.322 e. The molecule has 4 nitrogen and oxygen atoms in total. The molecule has 4 aromatic rings. The Bertz CT molecular complexity index is 1200. The Morgan fingerprint density at radius 2 is 0.882 bits per heavy atom. The third-order valence-electron chi connectivity index (χ3n) is 5.32. The second-order valence-electron chi connectivity index (χ2n) is 7.46. The van der Waals surface area contributed by atoms with Crippen molar-refractivity contribution in [1.82, 2.24) is 0 Å². The number of benzene rings is 4. The Morgan fingerprint density at radius 3 is 1.24 bits per heavy atom. The molecule has 4 rings (SSSR count). The fourth-order valence-corrected chi connectivity index (χ4v) is 4.74. The topological polar surface area (TPSA) is 58.2 Å². The monoisotopic (exact) mass is 484 g/mol. The van der Waals surface area contributed by atoms with Crippen LogP contribution in [0.3, 0.4) is 0 Å². The van der Waals surface area contributed by atoms with Crippen molar-refractivity contribution >= 4 is 46.7 Å². The van der Waals surface area contributed by atoms with Crippen molar-refractivity contribution in [2.75, 3.05) is 23.1 Å². The largest absolute Gasteiger partial charge is 0.322 e. The molecule has 0 saturated heterocycles. The number of hydrogen-bond donors (Lipinski definition) is 2. The first-order valence-corrected chi connectivity index (χ1v) is 13.1. The van der Waals surface area contributed by atoms with Gasteiger partial charge in [-0.2, -0.15) is 0 Å². The van der Waals surface area contributed by atoms with Crippen LogP contribution in [0.25, 0.3) is 11.1 Å². The van der Waals surface area contributed by atoms with Crippen LogP contribution in [0.15, 0.2) is 107 Å². The van der Waals surface area contributed by atoms with Gasteiger partial charge in [0, 0.05) is 21.2 Å². The molecule has 34 heavy (non-hydrogen) atoms. The average Bonchev–Trinajstić information content (AvgIpc) is 2.89. The van der Waals surface area contributed by atoms with E-state index in [2.05, 4.69) is 10.6 Å². The van der Waals surface area contributed by atoms with Crippen molar-refractivity contribution in [1.29, 1.82) is 0 Å². The Labute approximate surface area is 208 Å². The maximum absolute atomic E-state index is 12.7. The van der Waals surface area contributed by atoms with Crippen LogP contribution in [0.2, 0.25) is 0 Å². The number of thioether (sulfide) groups is 2. The van der Waals surface area contributed by atoms with Crippen molar-refractivity contribution in [3.8, 4) is 11.1 Å². The molecular weight excluding hydrogens is 460 g/mol. The minimum absolute atomic E-state index is 0.124. The van der Waals surface area contributed by atoms with E-state index in [1.165, 1.54) is 0 Å². The second-order valence-corrected chi connectivity index (χ2v) is 9.16. The van der Waals surface area contributed by atoms with Gasteiger partial charge >= 0.3 is 0 Å². The number of hydrogen-bond acceptors (Lipinski definition) is 4. The maximum atomic E-state index is 12.7. The first-order valence-electron chi connectivity index (χ1n) is 10.7. The average molecular weight is 485 g/mol. The molecule has 170 valence electrons. The third kappa shape index (κ3) is 5.53. The van der Waals surface area contributed by atoms with Gasteiger partial charge in [0.1, 0.15) is 0 Å². The zero-order valence-electron chi connectivity index (χ0n) is 18.9. The van der Waals surface area contributed by atoms with Crippen molar-refractivity contribution in [3.63, 3.8) is 0 Å². The lowest BCUT2D eigenvalue weighted by molar-refractivity contribution is 0.101. The highest BCUT2D eigenvalue weighted by Gasteiger charge is 2.12. The lowest BCUT2D eigenvalue weighted by Crippen LogP contribution is -2.13. The zero-order valence-corrected chi connectivity index (χ0v) is 20.5. The molecule has 0 heterocycles. The molecule has 2 amide bonds. The predicted molar refractivity (Wildman–Crippen MR) is 144 cm³/mol. The highest BCUT2D eigenvalue weighted by molar-refractivity contribution is 7.99. The molecule has 0 atom stereocenters. The lowest BCUT2D eigenvalue weighted by Gasteiger charge is -2.10. The first-order chi connectivity index (χ1) is 16.6. The van der Waals surface area contributed by atoms with Gasteiger partial charge in [-0.25, -0.2) is 0 Å². The zero-order chi connectivity index (χ0) is 23.9. The Morgan fingerprint density at radius 1 is 0.529 bits per heavy atom. The molecule has 0 aromatic heterocycles. The van der Waals surface area contributed by atoms with E-state index in [-0.39, 0.29) is 11.8 Å². The summed E-state index contributed by atoms with van der Waals surface area (Å²) in [4.78, 5) is 27.2. The lowest BCUT2D eigenvalue weighted by atomic mass is 10.0. The Kier molecular flexibility index (Phi) is 7.72. The van der Waals surface area contributed by atoms with Gasteiger partial charge in [0.05, 0.1) is 11.1 Å². The summed E-state index contributed by atoms with van der Waals surface area (Å²) in [5.74, 6) is -0.248. The summed E-state index contributed by atoms with van der Waals surface area (Å²) in [5.41, 5.74) is 4.84. The van der Waals surface area contributed by atoms with Gasteiger partial charge < -0.3 is 10.6 Å². The molecular formula is C28H24N2O2S2. The van der Waals surface area contributed by atoms with Crippen LogP contribution in [-0.4, -0.2) is 24.3 Å². The van der Waals surface area contributed by atoms with E-state index < -0.39 is 0 Å². The summed E-state index contributed by atoms with van der Waals surface area (Å²) in [5, 5.41) is 5.93. The van der Waals surface area contributed by atoms with Gasteiger partial charge in [0.25, 0.3) is 11.8 Å². The molecule has 0 bridgehead atoms. The van der Waals surface area contributed by atoms with Crippen LogP contribution < -0.4 is 10.6 Å². The fraction of sp³-hybridized carbons (Fsp3) is 0.0714. The summed E-state index contributed by atoms with van der Waals surface area (Å²) in [6.45, 7) is 0. The number of carbonyl (C=O) groups excluding carboxylic acids is 2. The third-order valence-corrected chi connectivity index (χ3v) is 6.91. The molecule has 6 heteroatoms. The number of carbonyl (C=O) groups is 2. The highest BCUT2D eigenvalue weighted by atomic mass is 32.2. The van der Waals surface area contributed by atoms with Crippen LogP contribution >= 0.6 is 23.5 Å². The number of anilines is 2. The summed E-state index contributed by atoms with van der Waals surface area (Å²) in [6.07, 6.45) is 3.92. The van der Waals surface area contributed by atoms with E-state index in [4.69, 9.17) is 0 Å². The normalized spacial score (nSPS) is 10.5. The van der Waals surface area contributed by atoms with Crippen LogP contribution in [0.5, 0.6) is 0 Å². The number of amides is 2. The Balaban J connectivity index is 1.42. The van der Waals surface area contributed by atoms with Crippen molar-refractivity contribution in [3.05, 3.63) is 108 Å². The predicted octanol–water partition coefficient (Wildman–Crippen LogP) is 7.30. The molecule has 0 fully saturated rings. The van der Waals surface area contributed by atoms with Gasteiger partial charge in [0.2, 0.25) is 0 Å². The van der Waals surface area contributed by atoms with Crippen LogP contribution in [-0.2, 0) is 0 Å². The minimum atomic E-state index is -0.124. The summed E-state index contributed by atoms with van der Waals surface area (Å²) in [6, 6.07) is 30.6.